The topological polar surface area (TPSA) is 52.3 Å². The maximum Gasteiger partial charge on any atom is 0.150 e. The summed E-state index contributed by atoms with van der Waals surface area (Å²) in [5, 5.41) is 14.4. The van der Waals surface area contributed by atoms with Gasteiger partial charge in [0.2, 0.25) is 0 Å². The Morgan fingerprint density at radius 1 is 1.32 bits per heavy atom. The third-order valence-electron chi connectivity index (χ3n) is 6.80. The molecule has 4 rings (SSSR count). The van der Waals surface area contributed by atoms with E-state index in [-0.39, 0.29) is 0 Å². The number of nitrogens with one attached hydrogen (secondary N) is 1. The standard InChI is InChI=1S/C21H30N2O2/c1-2-22-12-18-11-19(23-14-21(18,23)25)20(16-5-3-4-6-16)17-9-7-15(13-24)8-10-17/h7-10,13,16,18-20,22,25H,2-6,11-12,14H2,1H3. The number of hydrogen-bond donors (Lipinski definition) is 2. The highest BCUT2D eigenvalue weighted by atomic mass is 16.3. The second kappa shape index (κ2) is 6.82. The molecule has 0 amide bonds. The monoisotopic (exact) mass is 342 g/mol. The van der Waals surface area contributed by atoms with Crippen molar-refractivity contribution in [2.24, 2.45) is 11.8 Å². The predicted octanol–water partition coefficient (Wildman–Crippen LogP) is 2.78. The van der Waals surface area contributed by atoms with Crippen LogP contribution in [0.15, 0.2) is 24.3 Å². The van der Waals surface area contributed by atoms with Crippen LogP contribution >= 0.6 is 0 Å². The first-order chi connectivity index (χ1) is 12.2. The van der Waals surface area contributed by atoms with Crippen molar-refractivity contribution < 1.29 is 9.90 Å². The predicted molar refractivity (Wildman–Crippen MR) is 98.6 cm³/mol. The molecule has 3 aliphatic rings. The summed E-state index contributed by atoms with van der Waals surface area (Å²) >= 11 is 0. The summed E-state index contributed by atoms with van der Waals surface area (Å²) in [6.45, 7) is 4.80. The minimum absolute atomic E-state index is 0.329. The van der Waals surface area contributed by atoms with Crippen LogP contribution in [0.3, 0.4) is 0 Å². The maximum atomic E-state index is 11.0. The Morgan fingerprint density at radius 3 is 2.68 bits per heavy atom. The molecule has 25 heavy (non-hydrogen) atoms. The van der Waals surface area contributed by atoms with E-state index in [2.05, 4.69) is 29.3 Å². The van der Waals surface area contributed by atoms with Crippen LogP contribution in [0.5, 0.6) is 0 Å². The van der Waals surface area contributed by atoms with Crippen LogP contribution in [-0.2, 0) is 0 Å². The summed E-state index contributed by atoms with van der Waals surface area (Å²) in [5.41, 5.74) is 1.52. The third-order valence-corrected chi connectivity index (χ3v) is 6.80. The number of piperidine rings is 1. The van der Waals surface area contributed by atoms with Crippen molar-refractivity contribution >= 4 is 6.29 Å². The SMILES string of the molecule is CCNCC1CC(C(c2ccc(C=O)cc2)C2CCCC2)N2CC12O. The number of hydrogen-bond acceptors (Lipinski definition) is 4. The van der Waals surface area contributed by atoms with E-state index in [1.807, 2.05) is 12.1 Å². The van der Waals surface area contributed by atoms with Crippen LogP contribution in [0.2, 0.25) is 0 Å². The van der Waals surface area contributed by atoms with Crippen LogP contribution in [0.1, 0.15) is 60.9 Å². The molecule has 1 saturated carbocycles. The molecule has 0 radical (unpaired) electrons. The highest BCUT2D eigenvalue weighted by molar-refractivity contribution is 5.74. The minimum atomic E-state index is -0.577. The Hall–Kier alpha value is -1.23. The molecule has 2 N–H and O–H groups in total. The number of fused-ring (bicyclic) bond motifs is 1. The van der Waals surface area contributed by atoms with Gasteiger partial charge in [-0.25, -0.2) is 0 Å². The first-order valence-electron chi connectivity index (χ1n) is 9.92. The van der Waals surface area contributed by atoms with E-state index >= 15 is 0 Å². The molecule has 5 atom stereocenters. The Morgan fingerprint density at radius 2 is 2.04 bits per heavy atom. The van der Waals surface area contributed by atoms with Crippen molar-refractivity contribution in [3.8, 4) is 0 Å². The summed E-state index contributed by atoms with van der Waals surface area (Å²) in [5.74, 6) is 1.51. The number of carbonyl (C=O) groups is 1. The Kier molecular flexibility index (Phi) is 4.69. The lowest BCUT2D eigenvalue weighted by Crippen LogP contribution is -2.32. The van der Waals surface area contributed by atoms with E-state index in [0.717, 1.165) is 37.9 Å². The number of aliphatic hydroxyl groups is 1. The van der Waals surface area contributed by atoms with Gasteiger partial charge < -0.3 is 10.4 Å². The first-order valence-corrected chi connectivity index (χ1v) is 9.92. The molecule has 136 valence electrons. The van der Waals surface area contributed by atoms with E-state index in [1.54, 1.807) is 0 Å². The molecule has 4 heteroatoms. The lowest BCUT2D eigenvalue weighted by molar-refractivity contribution is 0.0608. The fourth-order valence-corrected chi connectivity index (χ4v) is 5.42. The minimum Gasteiger partial charge on any atom is -0.374 e. The molecule has 0 bridgehead atoms. The summed E-state index contributed by atoms with van der Waals surface area (Å²) in [6.07, 6.45) is 7.22. The van der Waals surface area contributed by atoms with Crippen molar-refractivity contribution in [2.45, 2.75) is 56.7 Å². The molecule has 2 aliphatic heterocycles. The highest BCUT2D eigenvalue weighted by Gasteiger charge is 2.66. The fraction of sp³-hybridized carbons (Fsp3) is 0.667. The zero-order valence-electron chi connectivity index (χ0n) is 15.2. The normalized spacial score (nSPS) is 35.5. The van der Waals surface area contributed by atoms with Gasteiger partial charge in [0.05, 0.1) is 0 Å². The van der Waals surface area contributed by atoms with Crippen molar-refractivity contribution in [3.63, 3.8) is 0 Å². The van der Waals surface area contributed by atoms with Crippen LogP contribution < -0.4 is 5.32 Å². The summed E-state index contributed by atoms with van der Waals surface area (Å²) < 4.78 is 0. The molecule has 0 spiro atoms. The average molecular weight is 342 g/mol. The van der Waals surface area contributed by atoms with Gasteiger partial charge in [-0.1, -0.05) is 44.0 Å². The second-order valence-corrected chi connectivity index (χ2v) is 8.17. The zero-order valence-corrected chi connectivity index (χ0v) is 15.2. The van der Waals surface area contributed by atoms with Crippen LogP contribution in [-0.4, -0.2) is 47.7 Å². The molecule has 1 aromatic carbocycles. The number of carbonyl (C=O) groups excluding carboxylic acids is 1. The van der Waals surface area contributed by atoms with Gasteiger partial charge in [-0.2, -0.15) is 0 Å². The highest BCUT2D eigenvalue weighted by Crippen LogP contribution is 2.55. The first kappa shape index (κ1) is 17.2. The van der Waals surface area contributed by atoms with Gasteiger partial charge in [0.25, 0.3) is 0 Å². The third kappa shape index (κ3) is 3.05. The lowest BCUT2D eigenvalue weighted by atomic mass is 9.77. The Labute approximate surface area is 150 Å². The van der Waals surface area contributed by atoms with Crippen molar-refractivity contribution in [3.05, 3.63) is 35.4 Å². The van der Waals surface area contributed by atoms with Gasteiger partial charge in [0.15, 0.2) is 0 Å². The van der Waals surface area contributed by atoms with E-state index in [0.29, 0.717) is 23.8 Å². The fourth-order valence-electron chi connectivity index (χ4n) is 5.42. The van der Waals surface area contributed by atoms with Crippen molar-refractivity contribution in [1.82, 2.24) is 10.2 Å². The smallest absolute Gasteiger partial charge is 0.150 e. The van der Waals surface area contributed by atoms with E-state index in [1.165, 1.54) is 31.2 Å². The van der Waals surface area contributed by atoms with Gasteiger partial charge >= 0.3 is 0 Å². The maximum absolute atomic E-state index is 11.0. The molecular weight excluding hydrogens is 312 g/mol. The number of rotatable bonds is 7. The zero-order chi connectivity index (χ0) is 17.4. The quantitative estimate of drug-likeness (QED) is 0.591. The molecule has 3 fully saturated rings. The largest absolute Gasteiger partial charge is 0.374 e. The Bertz CT molecular complexity index is 611. The van der Waals surface area contributed by atoms with Gasteiger partial charge in [0.1, 0.15) is 12.0 Å². The molecule has 1 aliphatic carbocycles. The number of benzene rings is 1. The molecule has 0 aromatic heterocycles. The molecule has 2 heterocycles. The van der Waals surface area contributed by atoms with Crippen LogP contribution in [0, 0.1) is 11.8 Å². The molecule has 1 aromatic rings. The molecule has 4 nitrogen and oxygen atoms in total. The summed E-state index contributed by atoms with van der Waals surface area (Å²) in [4.78, 5) is 13.3. The average Bonchev–Trinajstić information content (AvgIpc) is 2.98. The van der Waals surface area contributed by atoms with Crippen molar-refractivity contribution in [1.29, 1.82) is 0 Å². The number of nitrogens with zero attached hydrogens (tertiary/aromatic N) is 1. The second-order valence-electron chi connectivity index (χ2n) is 8.17. The van der Waals surface area contributed by atoms with Gasteiger partial charge in [-0.15, -0.1) is 0 Å². The molecule has 2 saturated heterocycles. The van der Waals surface area contributed by atoms with Gasteiger partial charge in [-0.05, 0) is 37.3 Å². The molecular formula is C21H30N2O2. The van der Waals surface area contributed by atoms with Gasteiger partial charge in [-0.3, -0.25) is 9.69 Å². The van der Waals surface area contributed by atoms with Gasteiger partial charge in [0, 0.05) is 36.5 Å². The van der Waals surface area contributed by atoms with Crippen molar-refractivity contribution in [2.75, 3.05) is 19.6 Å². The lowest BCUT2D eigenvalue weighted by Gasteiger charge is -2.32. The number of aldehydes is 1. The molecule has 5 unspecified atom stereocenters. The van der Waals surface area contributed by atoms with E-state index < -0.39 is 5.72 Å². The summed E-state index contributed by atoms with van der Waals surface area (Å²) in [6, 6.07) is 8.62. The van der Waals surface area contributed by atoms with Crippen LogP contribution in [0.4, 0.5) is 0 Å². The van der Waals surface area contributed by atoms with E-state index in [4.69, 9.17) is 0 Å². The van der Waals surface area contributed by atoms with Crippen LogP contribution in [0.25, 0.3) is 0 Å². The van der Waals surface area contributed by atoms with E-state index in [9.17, 15) is 9.90 Å². The Balaban J connectivity index is 1.59. The summed E-state index contributed by atoms with van der Waals surface area (Å²) in [7, 11) is 0.